The first-order valence-corrected chi connectivity index (χ1v) is 13.7. The van der Waals surface area contributed by atoms with Crippen LogP contribution in [0.5, 0.6) is 0 Å². The molecule has 0 aliphatic rings. The lowest BCUT2D eigenvalue weighted by molar-refractivity contribution is 1.10. The van der Waals surface area contributed by atoms with Gasteiger partial charge in [0.05, 0.1) is 11.0 Å². The summed E-state index contributed by atoms with van der Waals surface area (Å²) in [5.74, 6) is 0.885. The summed E-state index contributed by atoms with van der Waals surface area (Å²) in [6.45, 7) is 0. The van der Waals surface area contributed by atoms with E-state index in [4.69, 9.17) is 4.98 Å². The Kier molecular flexibility index (Phi) is 5.42. The second-order valence-corrected chi connectivity index (χ2v) is 10.2. The molecule has 0 fully saturated rings. The van der Waals surface area contributed by atoms with Crippen molar-refractivity contribution in [3.8, 4) is 39.3 Å². The average molecular weight is 525 g/mol. The molecule has 0 amide bonds. The standard InChI is InChI=1S/C37H24N4/c1-2-12-28(13-3-1)41-36-17-9-8-16-35(36)40-37(41)32-20-25(33-23-38-21-26-10-4-6-14-29(26)33)18-19-31(32)34-24-39-22-27-11-5-7-15-30(27)34/h1-24H. The van der Waals surface area contributed by atoms with Crippen LogP contribution in [0, 0.1) is 0 Å². The van der Waals surface area contributed by atoms with Crippen LogP contribution in [-0.4, -0.2) is 19.5 Å². The molecule has 0 aliphatic heterocycles. The predicted molar refractivity (Wildman–Crippen MR) is 168 cm³/mol. The fraction of sp³-hybridized carbons (Fsp3) is 0. The normalized spacial score (nSPS) is 11.4. The van der Waals surface area contributed by atoms with Crippen LogP contribution in [0.25, 0.3) is 71.9 Å². The van der Waals surface area contributed by atoms with Gasteiger partial charge in [0.1, 0.15) is 5.82 Å². The van der Waals surface area contributed by atoms with E-state index in [0.29, 0.717) is 0 Å². The SMILES string of the molecule is c1ccc(-n2c(-c3cc(-c4cncc5ccccc45)ccc3-c3cncc4ccccc34)nc3ccccc32)cc1. The molecule has 0 saturated heterocycles. The maximum absolute atomic E-state index is 5.25. The smallest absolute Gasteiger partial charge is 0.146 e. The molecule has 3 aromatic heterocycles. The van der Waals surface area contributed by atoms with Crippen molar-refractivity contribution in [2.24, 2.45) is 0 Å². The van der Waals surface area contributed by atoms with Crippen LogP contribution in [0.3, 0.4) is 0 Å². The number of nitrogens with zero attached hydrogens (tertiary/aromatic N) is 4. The van der Waals surface area contributed by atoms with Gasteiger partial charge in [-0.25, -0.2) is 4.98 Å². The van der Waals surface area contributed by atoms with Gasteiger partial charge in [0, 0.05) is 57.9 Å². The molecular weight excluding hydrogens is 500 g/mol. The molecule has 8 aromatic rings. The van der Waals surface area contributed by atoms with Crippen LogP contribution < -0.4 is 0 Å². The molecule has 41 heavy (non-hydrogen) atoms. The second-order valence-electron chi connectivity index (χ2n) is 10.2. The van der Waals surface area contributed by atoms with Crippen LogP contribution >= 0.6 is 0 Å². The quantitative estimate of drug-likeness (QED) is 0.231. The Balaban J connectivity index is 1.48. The fourth-order valence-electron chi connectivity index (χ4n) is 5.85. The largest absolute Gasteiger partial charge is 0.292 e. The average Bonchev–Trinajstić information content (AvgIpc) is 3.44. The van der Waals surface area contributed by atoms with Gasteiger partial charge in [0.2, 0.25) is 0 Å². The summed E-state index contributed by atoms with van der Waals surface area (Å²) in [4.78, 5) is 14.5. The zero-order valence-corrected chi connectivity index (χ0v) is 22.1. The third-order valence-corrected chi connectivity index (χ3v) is 7.77. The van der Waals surface area contributed by atoms with E-state index in [9.17, 15) is 0 Å². The summed E-state index contributed by atoms with van der Waals surface area (Å²) in [6.07, 6.45) is 7.77. The molecule has 192 valence electrons. The molecule has 3 heterocycles. The van der Waals surface area contributed by atoms with Gasteiger partial charge in [-0.1, -0.05) is 91.0 Å². The van der Waals surface area contributed by atoms with Gasteiger partial charge in [-0.05, 0) is 52.2 Å². The number of benzene rings is 5. The third kappa shape index (κ3) is 3.88. The van der Waals surface area contributed by atoms with E-state index in [-0.39, 0.29) is 0 Å². The molecule has 0 radical (unpaired) electrons. The van der Waals surface area contributed by atoms with Gasteiger partial charge in [0.15, 0.2) is 0 Å². The van der Waals surface area contributed by atoms with Crippen molar-refractivity contribution >= 4 is 32.6 Å². The van der Waals surface area contributed by atoms with Gasteiger partial charge in [-0.2, -0.15) is 0 Å². The van der Waals surface area contributed by atoms with Crippen LogP contribution in [0.1, 0.15) is 0 Å². The highest BCUT2D eigenvalue weighted by Crippen LogP contribution is 2.41. The van der Waals surface area contributed by atoms with E-state index >= 15 is 0 Å². The van der Waals surface area contributed by atoms with E-state index < -0.39 is 0 Å². The van der Waals surface area contributed by atoms with Gasteiger partial charge in [0.25, 0.3) is 0 Å². The maximum atomic E-state index is 5.25. The lowest BCUT2D eigenvalue weighted by Crippen LogP contribution is -1.99. The van der Waals surface area contributed by atoms with Gasteiger partial charge in [-0.15, -0.1) is 0 Å². The predicted octanol–water partition coefficient (Wildman–Crippen LogP) is 9.12. The molecule has 0 bridgehead atoms. The molecule has 0 aliphatic carbocycles. The number of fused-ring (bicyclic) bond motifs is 3. The first kappa shape index (κ1) is 23.3. The Morgan fingerprint density at radius 2 is 1.10 bits per heavy atom. The van der Waals surface area contributed by atoms with Crippen LogP contribution in [-0.2, 0) is 0 Å². The van der Waals surface area contributed by atoms with Crippen molar-refractivity contribution in [1.29, 1.82) is 0 Å². The van der Waals surface area contributed by atoms with Crippen molar-refractivity contribution in [3.05, 3.63) is 146 Å². The molecule has 0 spiro atoms. The fourth-order valence-corrected chi connectivity index (χ4v) is 5.85. The number of aromatic nitrogens is 4. The number of para-hydroxylation sites is 3. The number of pyridine rings is 2. The Morgan fingerprint density at radius 1 is 0.463 bits per heavy atom. The zero-order chi connectivity index (χ0) is 27.2. The van der Waals surface area contributed by atoms with Gasteiger partial charge < -0.3 is 0 Å². The molecular formula is C37H24N4. The summed E-state index contributed by atoms with van der Waals surface area (Å²) < 4.78 is 2.26. The van der Waals surface area contributed by atoms with Crippen molar-refractivity contribution in [2.45, 2.75) is 0 Å². The van der Waals surface area contributed by atoms with Crippen molar-refractivity contribution < 1.29 is 0 Å². The Labute approximate surface area is 237 Å². The zero-order valence-electron chi connectivity index (χ0n) is 22.1. The van der Waals surface area contributed by atoms with Crippen LogP contribution in [0.4, 0.5) is 0 Å². The molecule has 0 saturated carbocycles. The molecule has 5 aromatic carbocycles. The van der Waals surface area contributed by atoms with E-state index in [2.05, 4.69) is 124 Å². The van der Waals surface area contributed by atoms with Crippen LogP contribution in [0.15, 0.2) is 146 Å². The lowest BCUT2D eigenvalue weighted by atomic mass is 9.92. The highest BCUT2D eigenvalue weighted by atomic mass is 15.1. The first-order chi connectivity index (χ1) is 20.3. The first-order valence-electron chi connectivity index (χ1n) is 13.7. The minimum atomic E-state index is 0.885. The van der Waals surface area contributed by atoms with Gasteiger partial charge >= 0.3 is 0 Å². The highest BCUT2D eigenvalue weighted by molar-refractivity contribution is 6.02. The molecule has 0 N–H and O–H groups in total. The minimum absolute atomic E-state index is 0.885. The number of hydrogen-bond donors (Lipinski definition) is 0. The van der Waals surface area contributed by atoms with E-state index in [1.807, 2.05) is 36.9 Å². The van der Waals surface area contributed by atoms with Crippen molar-refractivity contribution in [1.82, 2.24) is 19.5 Å². The summed E-state index contributed by atoms with van der Waals surface area (Å²) in [5.41, 5.74) is 8.45. The number of rotatable bonds is 4. The van der Waals surface area contributed by atoms with Crippen LogP contribution in [0.2, 0.25) is 0 Å². The third-order valence-electron chi connectivity index (χ3n) is 7.77. The maximum Gasteiger partial charge on any atom is 0.146 e. The van der Waals surface area contributed by atoms with E-state index in [1.54, 1.807) is 0 Å². The molecule has 0 atom stereocenters. The molecule has 0 unspecified atom stereocenters. The Bertz CT molecular complexity index is 2200. The summed E-state index contributed by atoms with van der Waals surface area (Å²) in [5, 5.41) is 4.55. The Hall–Kier alpha value is -5.61. The molecule has 8 rings (SSSR count). The summed E-state index contributed by atoms with van der Waals surface area (Å²) >= 11 is 0. The highest BCUT2D eigenvalue weighted by Gasteiger charge is 2.20. The molecule has 4 heteroatoms. The van der Waals surface area contributed by atoms with E-state index in [0.717, 1.165) is 66.5 Å². The van der Waals surface area contributed by atoms with E-state index in [1.165, 1.54) is 5.39 Å². The minimum Gasteiger partial charge on any atom is -0.292 e. The molecule has 4 nitrogen and oxygen atoms in total. The topological polar surface area (TPSA) is 43.6 Å². The summed E-state index contributed by atoms with van der Waals surface area (Å²) in [6, 6.07) is 42.3. The number of hydrogen-bond acceptors (Lipinski definition) is 3. The second kappa shape index (κ2) is 9.54. The van der Waals surface area contributed by atoms with Gasteiger partial charge in [-0.3, -0.25) is 14.5 Å². The number of imidazole rings is 1. The summed E-state index contributed by atoms with van der Waals surface area (Å²) in [7, 11) is 0. The Morgan fingerprint density at radius 3 is 1.88 bits per heavy atom. The lowest BCUT2D eigenvalue weighted by Gasteiger charge is -2.16. The van der Waals surface area contributed by atoms with Crippen molar-refractivity contribution in [3.63, 3.8) is 0 Å². The monoisotopic (exact) mass is 524 g/mol. The van der Waals surface area contributed by atoms with Crippen molar-refractivity contribution in [2.75, 3.05) is 0 Å².